The molecule has 0 aliphatic heterocycles. The zero-order valence-electron chi connectivity index (χ0n) is 14.6. The summed E-state index contributed by atoms with van der Waals surface area (Å²) >= 11 is 0. The van der Waals surface area contributed by atoms with E-state index < -0.39 is 42.5 Å². The van der Waals surface area contributed by atoms with Gasteiger partial charge < -0.3 is 20.7 Å². The summed E-state index contributed by atoms with van der Waals surface area (Å²) in [5, 5.41) is 13.8. The van der Waals surface area contributed by atoms with Crippen LogP contribution in [-0.2, 0) is 4.79 Å². The van der Waals surface area contributed by atoms with E-state index in [1.807, 2.05) is 0 Å². The smallest absolute Gasteiger partial charge is 0.392 e. The lowest BCUT2D eigenvalue weighted by Crippen LogP contribution is -2.63. The molecule has 0 radical (unpaired) electrons. The third kappa shape index (κ3) is 4.41. The van der Waals surface area contributed by atoms with Crippen molar-refractivity contribution in [3.63, 3.8) is 0 Å². The number of aromatic amines is 1. The molecule has 0 fully saturated rings. The summed E-state index contributed by atoms with van der Waals surface area (Å²) in [6.45, 7) is -2.81. The Balaban J connectivity index is 1.91. The van der Waals surface area contributed by atoms with E-state index in [0.29, 0.717) is 16.6 Å². The number of carbonyl (C=O) groups is 1. The molecule has 9 nitrogen and oxygen atoms in total. The molecule has 3 heterocycles. The van der Waals surface area contributed by atoms with Gasteiger partial charge in [0.1, 0.15) is 12.2 Å². The Hall–Kier alpha value is -3.32. The van der Waals surface area contributed by atoms with E-state index in [9.17, 15) is 27.5 Å². The van der Waals surface area contributed by atoms with E-state index in [2.05, 4.69) is 25.3 Å². The molecular weight excluding hydrogens is 398 g/mol. The molecule has 13 heteroatoms. The third-order valence-corrected chi connectivity index (χ3v) is 3.89. The number of halogens is 4. The van der Waals surface area contributed by atoms with E-state index in [-0.39, 0.29) is 5.82 Å². The molecule has 1 amide bonds. The van der Waals surface area contributed by atoms with Crippen LogP contribution < -0.4 is 16.4 Å². The number of aliphatic hydroxyl groups excluding tert-OH is 1. The van der Waals surface area contributed by atoms with Crippen LogP contribution in [0.25, 0.3) is 22.4 Å². The lowest BCUT2D eigenvalue weighted by molar-refractivity contribution is -0.141. The van der Waals surface area contributed by atoms with Crippen LogP contribution in [0.5, 0.6) is 0 Å². The predicted octanol–water partition coefficient (Wildman–Crippen LogP) is 0.897. The fourth-order valence-corrected chi connectivity index (χ4v) is 2.46. The molecule has 3 aromatic rings. The Morgan fingerprint density at radius 3 is 2.72 bits per heavy atom. The second-order valence-corrected chi connectivity index (χ2v) is 6.04. The number of rotatable bonds is 6. The van der Waals surface area contributed by atoms with Crippen molar-refractivity contribution in [1.82, 2.24) is 25.3 Å². The first-order chi connectivity index (χ1) is 13.6. The van der Waals surface area contributed by atoms with Gasteiger partial charge in [-0.3, -0.25) is 10.5 Å². The van der Waals surface area contributed by atoms with Gasteiger partial charge in [0.15, 0.2) is 23.1 Å². The number of fused-ring (bicyclic) bond motifs is 1. The Bertz CT molecular complexity index is 1040. The molecule has 0 aliphatic carbocycles. The van der Waals surface area contributed by atoms with Crippen LogP contribution in [-0.4, -0.2) is 55.9 Å². The second kappa shape index (κ2) is 7.60. The number of hydrogen-bond acceptors (Lipinski definition) is 7. The number of nitrogens with zero attached hydrogens (tertiary/aromatic N) is 3. The number of alkyl halides is 3. The third-order valence-electron chi connectivity index (χ3n) is 3.89. The van der Waals surface area contributed by atoms with Crippen molar-refractivity contribution in [3.8, 4) is 11.4 Å². The molecule has 0 bridgehead atoms. The summed E-state index contributed by atoms with van der Waals surface area (Å²) in [6, 6.07) is 3.27. The van der Waals surface area contributed by atoms with E-state index in [1.165, 1.54) is 11.5 Å². The Morgan fingerprint density at radius 2 is 2.03 bits per heavy atom. The number of pyridine rings is 1. The minimum Gasteiger partial charge on any atom is -0.392 e. The Morgan fingerprint density at radius 1 is 1.28 bits per heavy atom. The number of hydrogen-bond donors (Lipinski definition) is 5. The maximum atomic E-state index is 14.2. The number of nitrogens with one attached hydrogen (secondary N) is 3. The summed E-state index contributed by atoms with van der Waals surface area (Å²) in [7, 11) is 0. The molecule has 0 unspecified atom stereocenters. The van der Waals surface area contributed by atoms with Crippen LogP contribution in [0, 0.1) is 5.82 Å². The van der Waals surface area contributed by atoms with Gasteiger partial charge in [-0.2, -0.15) is 13.2 Å². The van der Waals surface area contributed by atoms with E-state index in [4.69, 9.17) is 5.73 Å². The number of nitrogens with two attached hydrogens (primary N) is 1. The quantitative estimate of drug-likeness (QED) is 0.299. The largest absolute Gasteiger partial charge is 0.405 e. The van der Waals surface area contributed by atoms with Crippen LogP contribution >= 0.6 is 0 Å². The highest BCUT2D eigenvalue weighted by molar-refractivity contribution is 5.91. The summed E-state index contributed by atoms with van der Waals surface area (Å²) in [4.78, 5) is 26.9. The van der Waals surface area contributed by atoms with Crippen molar-refractivity contribution < 1.29 is 27.5 Å². The van der Waals surface area contributed by atoms with Crippen molar-refractivity contribution in [3.05, 3.63) is 36.5 Å². The number of H-pyrrole nitrogens is 1. The Labute approximate surface area is 160 Å². The zero-order chi connectivity index (χ0) is 21.2. The van der Waals surface area contributed by atoms with E-state index in [0.717, 1.165) is 6.20 Å². The highest BCUT2D eigenvalue weighted by atomic mass is 19.4. The van der Waals surface area contributed by atoms with Crippen molar-refractivity contribution in [2.75, 3.05) is 18.5 Å². The van der Waals surface area contributed by atoms with Crippen LogP contribution in [0.15, 0.2) is 30.7 Å². The first-order valence-corrected chi connectivity index (χ1v) is 8.11. The van der Waals surface area contributed by atoms with Gasteiger partial charge in [-0.15, -0.1) is 0 Å². The lowest BCUT2D eigenvalue weighted by atomic mass is 10.1. The normalized spacial score (nSPS) is 13.9. The monoisotopic (exact) mass is 413 g/mol. The van der Waals surface area contributed by atoms with Gasteiger partial charge in [0.25, 0.3) is 5.91 Å². The minimum atomic E-state index is -4.69. The van der Waals surface area contributed by atoms with Crippen LogP contribution in [0.2, 0.25) is 0 Å². The fraction of sp³-hybridized carbons (Fsp3) is 0.250. The molecule has 0 saturated heterocycles. The second-order valence-electron chi connectivity index (χ2n) is 6.04. The first kappa shape index (κ1) is 20.4. The standard InChI is InChI=1S/C16H15F4N7O2/c17-10-5-24-12(9-2-4-23-11-8(9)1-3-22-11)26-13(10)27-15(21,7-28)14(29)25-6-16(18,19)20/h1-5,28H,6-7,21H2,(H,22,23)(H,25,29)(H,24,26,27)/t15-/m0/s1. The molecular formula is C16H15F4N7O2. The molecule has 3 aromatic heterocycles. The van der Waals surface area contributed by atoms with Gasteiger partial charge in [0, 0.05) is 23.3 Å². The van der Waals surface area contributed by atoms with Gasteiger partial charge in [0.05, 0.1) is 12.8 Å². The van der Waals surface area contributed by atoms with Gasteiger partial charge >= 0.3 is 6.18 Å². The fourth-order valence-electron chi connectivity index (χ4n) is 2.46. The maximum Gasteiger partial charge on any atom is 0.405 e. The molecule has 154 valence electrons. The predicted molar refractivity (Wildman–Crippen MR) is 93.8 cm³/mol. The average molecular weight is 413 g/mol. The molecule has 0 spiro atoms. The van der Waals surface area contributed by atoms with E-state index in [1.54, 1.807) is 18.3 Å². The molecule has 6 N–H and O–H groups in total. The SMILES string of the molecule is N[C@@](CO)(Nc1nc(-c2ccnc3[nH]ccc23)ncc1F)C(=O)NCC(F)(F)F. The van der Waals surface area contributed by atoms with E-state index >= 15 is 0 Å². The van der Waals surface area contributed by atoms with Crippen molar-refractivity contribution in [2.24, 2.45) is 5.73 Å². The number of aliphatic hydroxyl groups is 1. The minimum absolute atomic E-state index is 0.0388. The van der Waals surface area contributed by atoms with Crippen molar-refractivity contribution in [1.29, 1.82) is 0 Å². The van der Waals surface area contributed by atoms with Gasteiger partial charge in [-0.1, -0.05) is 0 Å². The molecule has 29 heavy (non-hydrogen) atoms. The average Bonchev–Trinajstić information content (AvgIpc) is 3.16. The molecule has 0 aliphatic rings. The Kier molecular flexibility index (Phi) is 5.35. The summed E-state index contributed by atoms with van der Waals surface area (Å²) in [6.07, 6.45) is -0.789. The van der Waals surface area contributed by atoms with Crippen LogP contribution in [0.4, 0.5) is 23.4 Å². The number of carbonyl (C=O) groups excluding carboxylic acids is 1. The van der Waals surface area contributed by atoms with Crippen molar-refractivity contribution >= 4 is 22.8 Å². The number of amides is 1. The molecule has 3 rings (SSSR count). The maximum absolute atomic E-state index is 14.2. The topological polar surface area (TPSA) is 142 Å². The summed E-state index contributed by atoms with van der Waals surface area (Å²) < 4.78 is 51.1. The molecule has 0 saturated carbocycles. The first-order valence-electron chi connectivity index (χ1n) is 8.11. The number of aromatic nitrogens is 4. The van der Waals surface area contributed by atoms with Gasteiger partial charge in [0.2, 0.25) is 0 Å². The number of anilines is 1. The highest BCUT2D eigenvalue weighted by Crippen LogP contribution is 2.26. The summed E-state index contributed by atoms with van der Waals surface area (Å²) in [5.41, 5.74) is 4.20. The van der Waals surface area contributed by atoms with Crippen LogP contribution in [0.1, 0.15) is 0 Å². The lowest BCUT2D eigenvalue weighted by Gasteiger charge is -2.28. The van der Waals surface area contributed by atoms with Gasteiger partial charge in [-0.25, -0.2) is 19.3 Å². The van der Waals surface area contributed by atoms with Crippen molar-refractivity contribution in [2.45, 2.75) is 11.8 Å². The molecule has 0 aromatic carbocycles. The highest BCUT2D eigenvalue weighted by Gasteiger charge is 2.37. The van der Waals surface area contributed by atoms with Gasteiger partial charge in [-0.05, 0) is 12.1 Å². The molecule has 1 atom stereocenters. The zero-order valence-corrected chi connectivity index (χ0v) is 14.6. The summed E-state index contributed by atoms with van der Waals surface area (Å²) in [5.74, 6) is -2.96. The van der Waals surface area contributed by atoms with Crippen LogP contribution in [0.3, 0.4) is 0 Å².